The van der Waals surface area contributed by atoms with Crippen LogP contribution >= 0.6 is 12.4 Å². The number of likely N-dealkylation sites (tertiary alicyclic amines) is 1. The zero-order valence-electron chi connectivity index (χ0n) is 13.2. The number of nitrogens with zero attached hydrogens (tertiary/aromatic N) is 2. The highest BCUT2D eigenvalue weighted by Crippen LogP contribution is 2.38. The van der Waals surface area contributed by atoms with Gasteiger partial charge in [-0.15, -0.1) is 12.4 Å². The summed E-state index contributed by atoms with van der Waals surface area (Å²) in [5, 5.41) is 9.02. The Kier molecular flexibility index (Phi) is 5.63. The summed E-state index contributed by atoms with van der Waals surface area (Å²) >= 11 is 0. The first-order valence-electron chi connectivity index (χ1n) is 7.67. The Morgan fingerprint density at radius 3 is 2.48 bits per heavy atom. The highest BCUT2D eigenvalue weighted by Gasteiger charge is 2.52. The van der Waals surface area contributed by atoms with Crippen LogP contribution in [0, 0.1) is 11.8 Å². The van der Waals surface area contributed by atoms with E-state index in [4.69, 9.17) is 5.11 Å². The van der Waals surface area contributed by atoms with E-state index in [9.17, 15) is 22.8 Å². The van der Waals surface area contributed by atoms with E-state index in [1.165, 1.54) is 4.90 Å². The third-order valence-corrected chi connectivity index (χ3v) is 4.68. The van der Waals surface area contributed by atoms with Crippen LogP contribution in [0.3, 0.4) is 0 Å². The van der Waals surface area contributed by atoms with Gasteiger partial charge in [-0.2, -0.15) is 13.2 Å². The molecule has 1 saturated heterocycles. The maximum atomic E-state index is 13.0. The van der Waals surface area contributed by atoms with Gasteiger partial charge in [-0.05, 0) is 18.1 Å². The fraction of sp³-hybridized carbons (Fsp3) is 0.500. The maximum Gasteiger partial charge on any atom is 0.393 e. The number of amides is 1. The first-order chi connectivity index (χ1) is 11.3. The molecule has 1 aromatic carbocycles. The number of para-hydroxylation sites is 1. The lowest BCUT2D eigenvalue weighted by molar-refractivity contribution is -0.188. The minimum atomic E-state index is -4.58. The van der Waals surface area contributed by atoms with Gasteiger partial charge in [-0.3, -0.25) is 14.5 Å². The number of carbonyl (C=O) groups excluding carboxylic acids is 1. The second-order valence-electron chi connectivity index (χ2n) is 6.21. The summed E-state index contributed by atoms with van der Waals surface area (Å²) in [6.45, 7) is -0.426. The molecule has 138 valence electrons. The Balaban J connectivity index is 0.00000225. The molecule has 0 radical (unpaired) electrons. The van der Waals surface area contributed by atoms with Crippen molar-refractivity contribution in [3.8, 4) is 0 Å². The molecule has 2 atom stereocenters. The lowest BCUT2D eigenvalue weighted by Crippen LogP contribution is -2.39. The Labute approximate surface area is 148 Å². The van der Waals surface area contributed by atoms with Crippen molar-refractivity contribution in [1.82, 2.24) is 4.90 Å². The van der Waals surface area contributed by atoms with Crippen LogP contribution in [0.25, 0.3) is 0 Å². The largest absolute Gasteiger partial charge is 0.481 e. The van der Waals surface area contributed by atoms with Crippen molar-refractivity contribution in [3.05, 3.63) is 29.8 Å². The van der Waals surface area contributed by atoms with Crippen LogP contribution in [0.2, 0.25) is 0 Å². The van der Waals surface area contributed by atoms with Gasteiger partial charge in [0.25, 0.3) is 0 Å². The summed E-state index contributed by atoms with van der Waals surface area (Å²) < 4.78 is 39.0. The van der Waals surface area contributed by atoms with Crippen molar-refractivity contribution in [2.75, 3.05) is 31.1 Å². The third-order valence-electron chi connectivity index (χ3n) is 4.68. The van der Waals surface area contributed by atoms with Crippen LogP contribution in [-0.4, -0.2) is 54.2 Å². The Morgan fingerprint density at radius 1 is 1.20 bits per heavy atom. The molecular formula is C16H18ClF3N2O3. The van der Waals surface area contributed by atoms with Crippen molar-refractivity contribution >= 4 is 30.0 Å². The monoisotopic (exact) mass is 378 g/mol. The number of carboxylic acids is 1. The van der Waals surface area contributed by atoms with E-state index in [-0.39, 0.29) is 31.4 Å². The average Bonchev–Trinajstić information content (AvgIpc) is 3.10. The summed E-state index contributed by atoms with van der Waals surface area (Å²) in [6.07, 6.45) is -3.87. The van der Waals surface area contributed by atoms with Gasteiger partial charge in [0, 0.05) is 25.3 Å². The number of carboxylic acid groups (broad SMARTS) is 1. The van der Waals surface area contributed by atoms with Gasteiger partial charge in [0.1, 0.15) is 0 Å². The van der Waals surface area contributed by atoms with Crippen molar-refractivity contribution in [1.29, 1.82) is 0 Å². The van der Waals surface area contributed by atoms with Gasteiger partial charge in [-0.1, -0.05) is 18.2 Å². The molecule has 1 N–H and O–H groups in total. The molecule has 1 amide bonds. The molecule has 2 aliphatic heterocycles. The molecule has 0 bridgehead atoms. The Morgan fingerprint density at radius 2 is 1.88 bits per heavy atom. The molecule has 25 heavy (non-hydrogen) atoms. The number of hydrogen-bond donors (Lipinski definition) is 1. The quantitative estimate of drug-likeness (QED) is 0.876. The van der Waals surface area contributed by atoms with Gasteiger partial charge in [0.15, 0.2) is 0 Å². The molecule has 3 rings (SSSR count). The maximum absolute atomic E-state index is 13.0. The highest BCUT2D eigenvalue weighted by molar-refractivity contribution is 5.96. The standard InChI is InChI=1S/C16H17F3N2O3.ClH/c17-16(18,19)12-8-20(7-11(12)15(23)24)9-14(22)21-6-5-10-3-1-2-4-13(10)21;/h1-4,11-12H,5-9H2,(H,23,24);1H/t11-,12-;/m1./s1. The lowest BCUT2D eigenvalue weighted by Gasteiger charge is -2.22. The number of hydrogen-bond acceptors (Lipinski definition) is 3. The fourth-order valence-electron chi connectivity index (χ4n) is 3.47. The van der Waals surface area contributed by atoms with E-state index >= 15 is 0 Å². The Bertz CT molecular complexity index is 668. The molecule has 0 aromatic heterocycles. The first-order valence-corrected chi connectivity index (χ1v) is 7.67. The Hall–Kier alpha value is -1.80. The highest BCUT2D eigenvalue weighted by atomic mass is 35.5. The van der Waals surface area contributed by atoms with E-state index in [1.807, 2.05) is 18.2 Å². The van der Waals surface area contributed by atoms with E-state index in [0.29, 0.717) is 13.0 Å². The summed E-state index contributed by atoms with van der Waals surface area (Å²) in [5.41, 5.74) is 1.81. The summed E-state index contributed by atoms with van der Waals surface area (Å²) in [7, 11) is 0. The van der Waals surface area contributed by atoms with Crippen molar-refractivity contribution < 1.29 is 27.9 Å². The number of aliphatic carboxylic acids is 1. The van der Waals surface area contributed by atoms with Crippen LogP contribution in [0.15, 0.2) is 24.3 Å². The van der Waals surface area contributed by atoms with Crippen LogP contribution < -0.4 is 4.90 Å². The number of carbonyl (C=O) groups is 2. The molecule has 0 aliphatic carbocycles. The molecule has 0 saturated carbocycles. The normalized spacial score (nSPS) is 23.2. The summed E-state index contributed by atoms with van der Waals surface area (Å²) in [5.74, 6) is -5.23. The third kappa shape index (κ3) is 3.90. The summed E-state index contributed by atoms with van der Waals surface area (Å²) in [4.78, 5) is 26.4. The number of benzene rings is 1. The van der Waals surface area contributed by atoms with Gasteiger partial charge < -0.3 is 10.0 Å². The predicted molar refractivity (Wildman–Crippen MR) is 86.9 cm³/mol. The number of fused-ring (bicyclic) bond motifs is 1. The van der Waals surface area contributed by atoms with Crippen LogP contribution in [0.4, 0.5) is 18.9 Å². The van der Waals surface area contributed by atoms with Crippen LogP contribution in [0.5, 0.6) is 0 Å². The molecule has 2 heterocycles. The molecular weight excluding hydrogens is 361 g/mol. The fourth-order valence-corrected chi connectivity index (χ4v) is 3.47. The topological polar surface area (TPSA) is 60.9 Å². The van der Waals surface area contributed by atoms with Crippen LogP contribution in [0.1, 0.15) is 5.56 Å². The first kappa shape index (κ1) is 19.5. The van der Waals surface area contributed by atoms with Crippen molar-refractivity contribution in [3.63, 3.8) is 0 Å². The minimum absolute atomic E-state index is 0. The van der Waals surface area contributed by atoms with E-state index in [0.717, 1.165) is 11.3 Å². The van der Waals surface area contributed by atoms with Crippen molar-refractivity contribution in [2.45, 2.75) is 12.6 Å². The second kappa shape index (κ2) is 7.21. The molecule has 5 nitrogen and oxygen atoms in total. The number of anilines is 1. The molecule has 9 heteroatoms. The second-order valence-corrected chi connectivity index (χ2v) is 6.21. The summed E-state index contributed by atoms with van der Waals surface area (Å²) in [6, 6.07) is 7.40. The molecule has 1 fully saturated rings. The van der Waals surface area contributed by atoms with E-state index in [2.05, 4.69) is 0 Å². The molecule has 1 aromatic rings. The number of alkyl halides is 3. The van der Waals surface area contributed by atoms with Gasteiger partial charge in [0.2, 0.25) is 5.91 Å². The predicted octanol–water partition coefficient (Wildman–Crippen LogP) is 2.19. The molecule has 0 unspecified atom stereocenters. The lowest BCUT2D eigenvalue weighted by atomic mass is 9.96. The smallest absolute Gasteiger partial charge is 0.393 e. The van der Waals surface area contributed by atoms with Crippen molar-refractivity contribution in [2.24, 2.45) is 11.8 Å². The number of halogens is 4. The van der Waals surface area contributed by atoms with E-state index in [1.54, 1.807) is 11.0 Å². The van der Waals surface area contributed by atoms with Gasteiger partial charge >= 0.3 is 12.1 Å². The molecule has 0 spiro atoms. The van der Waals surface area contributed by atoms with Gasteiger partial charge in [-0.25, -0.2) is 0 Å². The average molecular weight is 379 g/mol. The number of rotatable bonds is 3. The van der Waals surface area contributed by atoms with E-state index < -0.39 is 30.5 Å². The zero-order chi connectivity index (χ0) is 17.5. The zero-order valence-corrected chi connectivity index (χ0v) is 14.0. The molecule has 2 aliphatic rings. The SMILES string of the molecule is Cl.O=C(O)[C@@H]1CN(CC(=O)N2CCc3ccccc32)C[C@H]1C(F)(F)F. The van der Waals surface area contributed by atoms with Gasteiger partial charge in [0.05, 0.1) is 18.4 Å². The minimum Gasteiger partial charge on any atom is -0.481 e. The van der Waals surface area contributed by atoms with Crippen LogP contribution in [-0.2, 0) is 16.0 Å².